The van der Waals surface area contributed by atoms with E-state index in [1.165, 1.54) is 4.90 Å². The molecular formula is C11H17NO3. The first kappa shape index (κ1) is 10.3. The van der Waals surface area contributed by atoms with Gasteiger partial charge < -0.3 is 4.79 Å². The van der Waals surface area contributed by atoms with Gasteiger partial charge in [-0.3, -0.25) is 14.5 Å². The minimum atomic E-state index is -0.554. The normalized spacial score (nSPS) is 22.1. The summed E-state index contributed by atoms with van der Waals surface area (Å²) in [6, 6.07) is 0. The number of rotatable bonds is 6. The van der Waals surface area contributed by atoms with Gasteiger partial charge in [-0.25, -0.2) is 0 Å². The fraction of sp³-hybridized carbons (Fsp3) is 0.727. The highest BCUT2D eigenvalue weighted by Gasteiger charge is 2.34. The molecular weight excluding hydrogens is 194 g/mol. The van der Waals surface area contributed by atoms with Gasteiger partial charge in [0.1, 0.15) is 7.63 Å². The zero-order chi connectivity index (χ0) is 12.1. The van der Waals surface area contributed by atoms with Gasteiger partial charge in [-0.05, 0) is 12.8 Å². The third-order valence-corrected chi connectivity index (χ3v) is 2.63. The predicted molar refractivity (Wildman–Crippen MR) is 55.0 cm³/mol. The summed E-state index contributed by atoms with van der Waals surface area (Å²) in [6.45, 7) is 2.22. The summed E-state index contributed by atoms with van der Waals surface area (Å²) < 4.78 is 6.71. The van der Waals surface area contributed by atoms with E-state index in [9.17, 15) is 14.4 Å². The summed E-state index contributed by atoms with van der Waals surface area (Å²) in [7, 11) is 0. The fourth-order valence-corrected chi connectivity index (χ4v) is 1.73. The Kier molecular flexibility index (Phi) is 3.88. The quantitative estimate of drug-likeness (QED) is 0.377. The van der Waals surface area contributed by atoms with Crippen LogP contribution in [0.25, 0.3) is 0 Å². The number of aldehydes is 1. The van der Waals surface area contributed by atoms with Crippen molar-refractivity contribution in [2.75, 3.05) is 6.54 Å². The first-order valence-electron chi connectivity index (χ1n) is 5.86. The van der Waals surface area contributed by atoms with E-state index in [0.717, 1.165) is 12.8 Å². The average Bonchev–Trinajstić information content (AvgIpc) is 2.43. The number of carbonyl (C=O) groups is 3. The molecule has 0 aromatic heterocycles. The second kappa shape index (κ2) is 5.63. The number of hydrogen-bond donors (Lipinski definition) is 0. The van der Waals surface area contributed by atoms with Crippen LogP contribution in [-0.2, 0) is 14.4 Å². The first-order valence-corrected chi connectivity index (χ1v) is 5.36. The molecule has 4 nitrogen and oxygen atoms in total. The molecule has 15 heavy (non-hydrogen) atoms. The van der Waals surface area contributed by atoms with Gasteiger partial charge in [0.2, 0.25) is 11.8 Å². The molecule has 4 heteroatoms. The Morgan fingerprint density at radius 3 is 2.73 bits per heavy atom. The van der Waals surface area contributed by atoms with Gasteiger partial charge >= 0.3 is 0 Å². The van der Waals surface area contributed by atoms with E-state index >= 15 is 0 Å². The maximum Gasteiger partial charge on any atom is 0.232 e. The van der Waals surface area contributed by atoms with Gasteiger partial charge in [0, 0.05) is 25.3 Å². The fourth-order valence-electron chi connectivity index (χ4n) is 1.73. The van der Waals surface area contributed by atoms with Crippen LogP contribution < -0.4 is 0 Å². The van der Waals surface area contributed by atoms with Crippen molar-refractivity contribution in [2.45, 2.75) is 39.0 Å². The van der Waals surface area contributed by atoms with E-state index in [4.69, 9.17) is 1.37 Å². The molecule has 0 aliphatic carbocycles. The Morgan fingerprint density at radius 2 is 2.20 bits per heavy atom. The summed E-state index contributed by atoms with van der Waals surface area (Å²) in [6.07, 6.45) is 2.19. The monoisotopic (exact) mass is 212 g/mol. The van der Waals surface area contributed by atoms with Crippen LogP contribution in [0.5, 0.6) is 0 Å². The minimum Gasteiger partial charge on any atom is -0.303 e. The number of nitrogens with zero attached hydrogens (tertiary/aromatic N) is 1. The van der Waals surface area contributed by atoms with Crippen molar-refractivity contribution in [3.8, 4) is 0 Å². The summed E-state index contributed by atoms with van der Waals surface area (Å²) in [5.41, 5.74) is 0. The van der Waals surface area contributed by atoms with Crippen molar-refractivity contribution in [3.63, 3.8) is 0 Å². The minimum absolute atomic E-state index is 0.0819. The second-order valence-electron chi connectivity index (χ2n) is 3.94. The summed E-state index contributed by atoms with van der Waals surface area (Å²) >= 11 is 0. The maximum atomic E-state index is 11.5. The average molecular weight is 212 g/mol. The maximum absolute atomic E-state index is 11.5. The van der Waals surface area contributed by atoms with Crippen LogP contribution in [0.1, 0.15) is 40.4 Å². The summed E-state index contributed by atoms with van der Waals surface area (Å²) in [4.78, 5) is 34.6. The van der Waals surface area contributed by atoms with Gasteiger partial charge in [-0.2, -0.15) is 0 Å². The van der Waals surface area contributed by atoms with Crippen molar-refractivity contribution < 1.29 is 15.8 Å². The largest absolute Gasteiger partial charge is 0.303 e. The Bertz CT molecular complexity index is 304. The summed E-state index contributed by atoms with van der Waals surface area (Å²) in [5.74, 6) is -0.349. The standard InChI is InChI=1S/C11H17NO3/c1-9-8-10(14)12(11(9)15)6-4-2-3-5-7-13/h7,9H,2-6,8H2,1H3/i7D. The number of carbonyl (C=O) groups excluding carboxylic acids is 3. The lowest BCUT2D eigenvalue weighted by molar-refractivity contribution is -0.139. The number of amides is 2. The van der Waals surface area contributed by atoms with Gasteiger partial charge in [0.05, 0.1) is 0 Å². The van der Waals surface area contributed by atoms with Crippen molar-refractivity contribution in [2.24, 2.45) is 5.92 Å². The third kappa shape index (κ3) is 3.15. The Morgan fingerprint density at radius 1 is 1.47 bits per heavy atom. The van der Waals surface area contributed by atoms with Crippen molar-refractivity contribution >= 4 is 18.1 Å². The van der Waals surface area contributed by atoms with Crippen LogP contribution in [0, 0.1) is 5.92 Å². The molecule has 0 aromatic carbocycles. The van der Waals surface area contributed by atoms with E-state index < -0.39 is 6.26 Å². The van der Waals surface area contributed by atoms with Crippen LogP contribution in [0.2, 0.25) is 0 Å². The van der Waals surface area contributed by atoms with Crippen LogP contribution >= 0.6 is 0 Å². The van der Waals surface area contributed by atoms with Crippen LogP contribution in [0.4, 0.5) is 0 Å². The molecule has 1 aliphatic heterocycles. The zero-order valence-corrected chi connectivity index (χ0v) is 8.99. The SMILES string of the molecule is [2H]C(=O)CCCCCN1C(=O)CC(C)C1=O. The lowest BCUT2D eigenvalue weighted by Gasteiger charge is -2.13. The molecule has 0 radical (unpaired) electrons. The zero-order valence-electron chi connectivity index (χ0n) is 9.99. The van der Waals surface area contributed by atoms with E-state index in [0.29, 0.717) is 19.4 Å². The molecule has 0 spiro atoms. The number of unbranched alkanes of at least 4 members (excludes halogenated alkanes) is 2. The molecule has 1 aliphatic rings. The molecule has 2 amide bonds. The molecule has 1 rings (SSSR count). The van der Waals surface area contributed by atoms with E-state index in [1.807, 2.05) is 0 Å². The van der Waals surface area contributed by atoms with Crippen molar-refractivity contribution in [3.05, 3.63) is 0 Å². The molecule has 84 valence electrons. The molecule has 1 heterocycles. The second-order valence-corrected chi connectivity index (χ2v) is 3.94. The Balaban J connectivity index is 2.20. The van der Waals surface area contributed by atoms with Crippen LogP contribution in [0.15, 0.2) is 0 Å². The topological polar surface area (TPSA) is 54.5 Å². The highest BCUT2D eigenvalue weighted by molar-refractivity contribution is 6.03. The number of hydrogen-bond acceptors (Lipinski definition) is 3. The molecule has 0 aromatic rings. The van der Waals surface area contributed by atoms with Crippen molar-refractivity contribution in [1.29, 1.82) is 0 Å². The molecule has 1 saturated heterocycles. The Hall–Kier alpha value is -1.19. The highest BCUT2D eigenvalue weighted by Crippen LogP contribution is 2.19. The van der Waals surface area contributed by atoms with Crippen LogP contribution in [0.3, 0.4) is 0 Å². The molecule has 0 saturated carbocycles. The summed E-state index contributed by atoms with van der Waals surface area (Å²) in [5, 5.41) is 0. The van der Waals surface area contributed by atoms with Gasteiger partial charge in [-0.1, -0.05) is 13.3 Å². The van der Waals surface area contributed by atoms with E-state index in [-0.39, 0.29) is 24.2 Å². The molecule has 1 unspecified atom stereocenters. The van der Waals surface area contributed by atoms with Gasteiger partial charge in [0.15, 0.2) is 0 Å². The van der Waals surface area contributed by atoms with Gasteiger partial charge in [0.25, 0.3) is 0 Å². The van der Waals surface area contributed by atoms with Gasteiger partial charge in [-0.15, -0.1) is 0 Å². The third-order valence-electron chi connectivity index (χ3n) is 2.63. The number of imide groups is 1. The molecule has 0 N–H and O–H groups in total. The lowest BCUT2D eigenvalue weighted by Crippen LogP contribution is -2.31. The van der Waals surface area contributed by atoms with Crippen LogP contribution in [-0.4, -0.2) is 29.5 Å². The molecule has 1 atom stereocenters. The first-order chi connectivity index (χ1) is 7.52. The lowest BCUT2D eigenvalue weighted by atomic mass is 10.1. The smallest absolute Gasteiger partial charge is 0.232 e. The molecule has 1 fully saturated rings. The van der Waals surface area contributed by atoms with Crippen molar-refractivity contribution in [1.82, 2.24) is 4.90 Å². The van der Waals surface area contributed by atoms with E-state index in [2.05, 4.69) is 0 Å². The molecule has 0 bridgehead atoms. The number of likely N-dealkylation sites (tertiary alicyclic amines) is 1. The highest BCUT2D eigenvalue weighted by atomic mass is 16.2. The predicted octanol–water partition coefficient (Wildman–Crippen LogP) is 1.14. The van der Waals surface area contributed by atoms with E-state index in [1.54, 1.807) is 6.92 Å². The Labute approximate surface area is 91.0 Å².